The van der Waals surface area contributed by atoms with Crippen LogP contribution in [0.1, 0.15) is 28.5 Å². The largest absolute Gasteiger partial charge is 0.481 e. The van der Waals surface area contributed by atoms with Gasteiger partial charge in [0.15, 0.2) is 0 Å². The molecule has 1 aliphatic carbocycles. The van der Waals surface area contributed by atoms with Crippen molar-refractivity contribution in [2.45, 2.75) is 25.7 Å². The zero-order chi connectivity index (χ0) is 13.6. The van der Waals surface area contributed by atoms with Crippen molar-refractivity contribution in [1.29, 1.82) is 0 Å². The molecule has 0 bridgehead atoms. The predicted octanol–water partition coefficient (Wildman–Crippen LogP) is 2.09. The van der Waals surface area contributed by atoms with Gasteiger partial charge >= 0.3 is 5.97 Å². The van der Waals surface area contributed by atoms with Crippen LogP contribution in [0, 0.1) is 18.8 Å². The second-order valence-electron chi connectivity index (χ2n) is 5.51. The molecule has 0 unspecified atom stereocenters. The average molecular weight is 279 g/mol. The van der Waals surface area contributed by atoms with Crippen molar-refractivity contribution < 1.29 is 14.7 Å². The Bertz CT molecular complexity index is 525. The number of likely N-dealkylation sites (tertiary alicyclic amines) is 1. The van der Waals surface area contributed by atoms with Crippen LogP contribution in [-0.4, -0.2) is 35.0 Å². The third kappa shape index (κ3) is 2.39. The summed E-state index contributed by atoms with van der Waals surface area (Å²) in [7, 11) is 0. The monoisotopic (exact) mass is 279 g/mol. The number of aryl methyl sites for hydroxylation is 1. The van der Waals surface area contributed by atoms with E-state index in [0.717, 1.165) is 6.42 Å². The summed E-state index contributed by atoms with van der Waals surface area (Å²) in [5, 5.41) is 8.96. The van der Waals surface area contributed by atoms with Gasteiger partial charge in [0, 0.05) is 34.7 Å². The van der Waals surface area contributed by atoms with Gasteiger partial charge in [0.05, 0.1) is 5.92 Å². The Labute approximate surface area is 116 Å². The first kappa shape index (κ1) is 12.7. The normalized spacial score (nSPS) is 29.5. The molecular formula is C14H17NO3S. The third-order valence-corrected chi connectivity index (χ3v) is 5.22. The molecule has 1 saturated heterocycles. The Hall–Kier alpha value is -1.36. The van der Waals surface area contributed by atoms with Crippen LogP contribution < -0.4 is 0 Å². The first-order valence-corrected chi connectivity index (χ1v) is 7.46. The van der Waals surface area contributed by atoms with Crippen LogP contribution >= 0.6 is 11.3 Å². The highest BCUT2D eigenvalue weighted by Crippen LogP contribution is 2.50. The Morgan fingerprint density at radius 2 is 2.21 bits per heavy atom. The summed E-state index contributed by atoms with van der Waals surface area (Å²) in [4.78, 5) is 27.5. The van der Waals surface area contributed by atoms with E-state index in [1.165, 1.54) is 9.75 Å². The van der Waals surface area contributed by atoms with Crippen molar-refractivity contribution in [2.24, 2.45) is 11.8 Å². The van der Waals surface area contributed by atoms with Crippen LogP contribution in [0.15, 0.2) is 12.1 Å². The second kappa shape index (κ2) is 4.63. The number of carbonyl (C=O) groups is 2. The molecule has 2 heterocycles. The van der Waals surface area contributed by atoms with Crippen LogP contribution in [0.4, 0.5) is 0 Å². The molecule has 1 N–H and O–H groups in total. The maximum absolute atomic E-state index is 12.3. The van der Waals surface area contributed by atoms with Gasteiger partial charge in [0.25, 0.3) is 0 Å². The fourth-order valence-corrected chi connectivity index (χ4v) is 3.89. The fourth-order valence-electron chi connectivity index (χ4n) is 2.83. The molecule has 1 aromatic rings. The number of hydrogen-bond donors (Lipinski definition) is 1. The number of hydrogen-bond acceptors (Lipinski definition) is 3. The molecule has 3 atom stereocenters. The molecule has 0 aromatic carbocycles. The summed E-state index contributed by atoms with van der Waals surface area (Å²) >= 11 is 1.76. The highest BCUT2D eigenvalue weighted by Gasteiger charge is 2.47. The molecule has 1 saturated carbocycles. The van der Waals surface area contributed by atoms with Crippen LogP contribution in [0.3, 0.4) is 0 Å². The van der Waals surface area contributed by atoms with Crippen LogP contribution in [0.5, 0.6) is 0 Å². The number of nitrogens with zero attached hydrogens (tertiary/aromatic N) is 1. The number of carboxylic acids is 1. The number of aliphatic carboxylic acids is 1. The summed E-state index contributed by atoms with van der Waals surface area (Å²) in [5.41, 5.74) is 0. The Balaban J connectivity index is 1.60. The molecule has 102 valence electrons. The van der Waals surface area contributed by atoms with E-state index in [1.54, 1.807) is 16.2 Å². The highest BCUT2D eigenvalue weighted by atomic mass is 32.1. The number of carbonyl (C=O) groups excluding carboxylic acids is 1. The zero-order valence-electron chi connectivity index (χ0n) is 10.8. The van der Waals surface area contributed by atoms with Crippen molar-refractivity contribution in [3.63, 3.8) is 0 Å². The minimum absolute atomic E-state index is 0.0885. The van der Waals surface area contributed by atoms with Crippen molar-refractivity contribution in [3.8, 4) is 0 Å². The number of amides is 1. The Morgan fingerprint density at radius 3 is 2.79 bits per heavy atom. The smallest absolute Gasteiger partial charge is 0.308 e. The summed E-state index contributed by atoms with van der Waals surface area (Å²) < 4.78 is 0. The quantitative estimate of drug-likeness (QED) is 0.921. The number of rotatable bonds is 3. The van der Waals surface area contributed by atoms with Crippen LogP contribution in [0.2, 0.25) is 0 Å². The minimum atomic E-state index is -0.781. The van der Waals surface area contributed by atoms with E-state index >= 15 is 0 Å². The lowest BCUT2D eigenvalue weighted by atomic mass is 10.1. The van der Waals surface area contributed by atoms with Gasteiger partial charge < -0.3 is 10.0 Å². The van der Waals surface area contributed by atoms with E-state index in [0.29, 0.717) is 25.4 Å². The van der Waals surface area contributed by atoms with Gasteiger partial charge in [-0.05, 0) is 31.9 Å². The Kier molecular flexibility index (Phi) is 3.09. The lowest BCUT2D eigenvalue weighted by Crippen LogP contribution is -2.31. The van der Waals surface area contributed by atoms with Crippen LogP contribution in [0.25, 0.3) is 0 Å². The van der Waals surface area contributed by atoms with Gasteiger partial charge in [-0.25, -0.2) is 0 Å². The molecule has 1 aromatic heterocycles. The van der Waals surface area contributed by atoms with Gasteiger partial charge in [0.2, 0.25) is 5.91 Å². The second-order valence-corrected chi connectivity index (χ2v) is 6.82. The molecule has 2 fully saturated rings. The molecular weight excluding hydrogens is 262 g/mol. The van der Waals surface area contributed by atoms with E-state index in [9.17, 15) is 9.59 Å². The number of thiophene rings is 1. The molecule has 0 radical (unpaired) electrons. The van der Waals surface area contributed by atoms with Crippen molar-refractivity contribution in [1.82, 2.24) is 4.90 Å². The molecule has 1 aliphatic heterocycles. The van der Waals surface area contributed by atoms with Gasteiger partial charge in [0.1, 0.15) is 0 Å². The third-order valence-electron chi connectivity index (χ3n) is 4.08. The van der Waals surface area contributed by atoms with Crippen molar-refractivity contribution in [2.75, 3.05) is 13.1 Å². The SMILES string of the molecule is Cc1ccc([C@@H]2C[C@@H]2C(=O)N2CC[C@H](C(=O)O)C2)s1. The summed E-state index contributed by atoms with van der Waals surface area (Å²) in [6, 6.07) is 4.21. The Morgan fingerprint density at radius 1 is 1.42 bits per heavy atom. The van der Waals surface area contributed by atoms with E-state index in [2.05, 4.69) is 19.1 Å². The summed E-state index contributed by atoms with van der Waals surface area (Å²) in [6.07, 6.45) is 1.52. The molecule has 4 nitrogen and oxygen atoms in total. The maximum atomic E-state index is 12.3. The van der Waals surface area contributed by atoms with E-state index in [-0.39, 0.29) is 17.7 Å². The maximum Gasteiger partial charge on any atom is 0.308 e. The van der Waals surface area contributed by atoms with Gasteiger partial charge in [-0.15, -0.1) is 11.3 Å². The number of carboxylic acid groups (broad SMARTS) is 1. The van der Waals surface area contributed by atoms with E-state index in [4.69, 9.17) is 5.11 Å². The first-order valence-electron chi connectivity index (χ1n) is 6.64. The van der Waals surface area contributed by atoms with Gasteiger partial charge in [-0.3, -0.25) is 9.59 Å². The average Bonchev–Trinajstić information content (AvgIpc) is 2.82. The first-order chi connectivity index (χ1) is 9.06. The van der Waals surface area contributed by atoms with E-state index in [1.807, 2.05) is 0 Å². The topological polar surface area (TPSA) is 57.6 Å². The van der Waals surface area contributed by atoms with Crippen LogP contribution in [-0.2, 0) is 9.59 Å². The molecule has 2 aliphatic rings. The molecule has 3 rings (SSSR count). The fraction of sp³-hybridized carbons (Fsp3) is 0.571. The zero-order valence-corrected chi connectivity index (χ0v) is 11.7. The molecule has 1 amide bonds. The minimum Gasteiger partial charge on any atom is -0.481 e. The van der Waals surface area contributed by atoms with Crippen molar-refractivity contribution >= 4 is 23.2 Å². The van der Waals surface area contributed by atoms with Gasteiger partial charge in [-0.2, -0.15) is 0 Å². The molecule has 5 heteroatoms. The van der Waals surface area contributed by atoms with Crippen molar-refractivity contribution in [3.05, 3.63) is 21.9 Å². The lowest BCUT2D eigenvalue weighted by molar-refractivity contribution is -0.141. The predicted molar refractivity (Wildman–Crippen MR) is 72.2 cm³/mol. The summed E-state index contributed by atoms with van der Waals surface area (Å²) in [6.45, 7) is 3.06. The molecule has 19 heavy (non-hydrogen) atoms. The van der Waals surface area contributed by atoms with Gasteiger partial charge in [-0.1, -0.05) is 0 Å². The standard InChI is InChI=1S/C14H17NO3S/c1-8-2-3-12(19-8)10-6-11(10)13(16)15-5-4-9(7-15)14(17)18/h2-3,9-11H,4-7H2,1H3,(H,17,18)/t9-,10+,11-/m0/s1. The van der Waals surface area contributed by atoms with E-state index < -0.39 is 5.97 Å². The summed E-state index contributed by atoms with van der Waals surface area (Å²) in [5.74, 6) is -0.540. The highest BCUT2D eigenvalue weighted by molar-refractivity contribution is 7.12. The molecule has 0 spiro atoms. The lowest BCUT2D eigenvalue weighted by Gasteiger charge is -2.15.